The van der Waals surface area contributed by atoms with E-state index in [9.17, 15) is 9.59 Å². The van der Waals surface area contributed by atoms with Crippen LogP contribution in [0.5, 0.6) is 0 Å². The van der Waals surface area contributed by atoms with Gasteiger partial charge in [0.05, 0.1) is 12.7 Å². The summed E-state index contributed by atoms with van der Waals surface area (Å²) in [7, 11) is 0. The Kier molecular flexibility index (Phi) is 4.70. The molecule has 4 N–H and O–H groups in total. The van der Waals surface area contributed by atoms with Gasteiger partial charge >= 0.3 is 5.69 Å². The number of aromatic nitrogens is 2. The summed E-state index contributed by atoms with van der Waals surface area (Å²) >= 11 is 0. The fourth-order valence-corrected chi connectivity index (χ4v) is 2.58. The molecule has 1 aliphatic rings. The number of aliphatic hydroxyl groups is 1. The Morgan fingerprint density at radius 2 is 2.12 bits per heavy atom. The van der Waals surface area contributed by atoms with Crippen LogP contribution in [0.2, 0.25) is 0 Å². The summed E-state index contributed by atoms with van der Waals surface area (Å²) in [5.74, 6) is -0.189. The highest BCUT2D eigenvalue weighted by atomic mass is 16.5. The second kappa shape index (κ2) is 6.91. The maximum atomic E-state index is 12.2. The molecule has 0 unspecified atom stereocenters. The van der Waals surface area contributed by atoms with E-state index in [2.05, 4.69) is 10.3 Å². The predicted molar refractivity (Wildman–Crippen MR) is 86.5 cm³/mol. The molecule has 1 amide bonds. The molecule has 0 spiro atoms. The van der Waals surface area contributed by atoms with E-state index in [0.717, 1.165) is 0 Å². The van der Waals surface area contributed by atoms with Crippen molar-refractivity contribution in [1.82, 2.24) is 9.55 Å². The molecular weight excluding hydrogens is 312 g/mol. The number of nitrogens with zero attached hydrogens (tertiary/aromatic N) is 2. The standard InChI is InChI=1S/C16H18N4O4/c17-11-8-14(24-12(11)9-21)20-7-6-13(19-16(20)23)18-15(22)10-4-2-1-3-5-10/h1-7,11-12,14,21H,8-9,17H2,(H,18,19,22,23)/t11-,12+,14+/m0/s1. The Morgan fingerprint density at radius 1 is 1.38 bits per heavy atom. The highest BCUT2D eigenvalue weighted by Crippen LogP contribution is 2.26. The van der Waals surface area contributed by atoms with Crippen molar-refractivity contribution in [1.29, 1.82) is 0 Å². The Bertz CT molecular complexity index is 777. The lowest BCUT2D eigenvalue weighted by molar-refractivity contribution is -0.0270. The number of rotatable bonds is 4. The largest absolute Gasteiger partial charge is 0.394 e. The zero-order valence-electron chi connectivity index (χ0n) is 12.8. The Hall–Kier alpha value is -2.55. The van der Waals surface area contributed by atoms with Crippen LogP contribution in [0.4, 0.5) is 5.82 Å². The smallest absolute Gasteiger partial charge is 0.351 e. The van der Waals surface area contributed by atoms with Crippen LogP contribution in [0.1, 0.15) is 23.0 Å². The van der Waals surface area contributed by atoms with E-state index in [0.29, 0.717) is 12.0 Å². The molecule has 1 aliphatic heterocycles. The monoisotopic (exact) mass is 330 g/mol. The molecule has 126 valence electrons. The Balaban J connectivity index is 1.74. The first-order valence-corrected chi connectivity index (χ1v) is 7.56. The van der Waals surface area contributed by atoms with Crippen molar-refractivity contribution in [2.24, 2.45) is 5.73 Å². The summed E-state index contributed by atoms with van der Waals surface area (Å²) in [6.45, 7) is -0.203. The normalized spacial score (nSPS) is 23.2. The maximum absolute atomic E-state index is 12.2. The molecule has 3 atom stereocenters. The second-order valence-electron chi connectivity index (χ2n) is 5.53. The van der Waals surface area contributed by atoms with Gasteiger partial charge in [-0.3, -0.25) is 9.36 Å². The number of carbonyl (C=O) groups is 1. The van der Waals surface area contributed by atoms with Gasteiger partial charge < -0.3 is 20.9 Å². The maximum Gasteiger partial charge on any atom is 0.351 e. The highest BCUT2D eigenvalue weighted by molar-refractivity contribution is 6.03. The van der Waals surface area contributed by atoms with Gasteiger partial charge in [0.2, 0.25) is 0 Å². The van der Waals surface area contributed by atoms with E-state index in [-0.39, 0.29) is 24.4 Å². The second-order valence-corrected chi connectivity index (χ2v) is 5.53. The van der Waals surface area contributed by atoms with Crippen molar-refractivity contribution < 1.29 is 14.6 Å². The van der Waals surface area contributed by atoms with E-state index in [1.54, 1.807) is 24.3 Å². The first-order valence-electron chi connectivity index (χ1n) is 7.56. The number of nitrogens with one attached hydrogen (secondary N) is 1. The highest BCUT2D eigenvalue weighted by Gasteiger charge is 2.33. The van der Waals surface area contributed by atoms with E-state index in [4.69, 9.17) is 15.6 Å². The molecule has 0 radical (unpaired) electrons. The van der Waals surface area contributed by atoms with Gasteiger partial charge in [0.1, 0.15) is 12.0 Å². The Morgan fingerprint density at radius 3 is 2.75 bits per heavy atom. The minimum Gasteiger partial charge on any atom is -0.394 e. The van der Waals surface area contributed by atoms with Crippen LogP contribution in [0, 0.1) is 0 Å². The van der Waals surface area contributed by atoms with E-state index >= 15 is 0 Å². The summed E-state index contributed by atoms with van der Waals surface area (Å²) in [6.07, 6.45) is 0.825. The van der Waals surface area contributed by atoms with Gasteiger partial charge in [-0.25, -0.2) is 4.79 Å². The van der Waals surface area contributed by atoms with Crippen LogP contribution < -0.4 is 16.7 Å². The molecule has 2 heterocycles. The van der Waals surface area contributed by atoms with E-state index in [1.807, 2.05) is 6.07 Å². The summed E-state index contributed by atoms with van der Waals surface area (Å²) < 4.78 is 6.84. The van der Waals surface area contributed by atoms with E-state index < -0.39 is 18.0 Å². The number of amides is 1. The molecule has 1 aromatic heterocycles. The van der Waals surface area contributed by atoms with Gasteiger partial charge in [0, 0.05) is 24.2 Å². The van der Waals surface area contributed by atoms with Crippen LogP contribution in [0.15, 0.2) is 47.4 Å². The molecule has 3 rings (SSSR count). The van der Waals surface area contributed by atoms with Crippen molar-refractivity contribution in [2.45, 2.75) is 24.8 Å². The fraction of sp³-hybridized carbons (Fsp3) is 0.312. The van der Waals surface area contributed by atoms with E-state index in [1.165, 1.54) is 16.8 Å². The molecule has 0 saturated carbocycles. The van der Waals surface area contributed by atoms with Crippen molar-refractivity contribution in [2.75, 3.05) is 11.9 Å². The van der Waals surface area contributed by atoms with Crippen molar-refractivity contribution in [3.63, 3.8) is 0 Å². The summed E-state index contributed by atoms with van der Waals surface area (Å²) in [4.78, 5) is 28.1. The predicted octanol–water partition coefficient (Wildman–Crippen LogP) is 0.103. The average molecular weight is 330 g/mol. The molecule has 1 saturated heterocycles. The summed E-state index contributed by atoms with van der Waals surface area (Å²) in [5, 5.41) is 11.7. The minimum atomic E-state index is -0.573. The molecule has 1 aromatic carbocycles. The van der Waals surface area contributed by atoms with Crippen molar-refractivity contribution in [3.05, 3.63) is 58.6 Å². The number of nitrogens with two attached hydrogens (primary N) is 1. The van der Waals surface area contributed by atoms with Gasteiger partial charge in [0.25, 0.3) is 5.91 Å². The third-order valence-corrected chi connectivity index (χ3v) is 3.88. The van der Waals surface area contributed by atoms with Gasteiger partial charge in [-0.1, -0.05) is 18.2 Å². The summed E-state index contributed by atoms with van der Waals surface area (Å²) in [6, 6.07) is 9.81. The molecule has 8 nitrogen and oxygen atoms in total. The van der Waals surface area contributed by atoms with Crippen molar-refractivity contribution in [3.8, 4) is 0 Å². The molecule has 0 aliphatic carbocycles. The van der Waals surface area contributed by atoms with Crippen LogP contribution in [0.25, 0.3) is 0 Å². The molecular formula is C16H18N4O4. The van der Waals surface area contributed by atoms with Crippen LogP contribution in [0.3, 0.4) is 0 Å². The first-order chi connectivity index (χ1) is 11.6. The number of carbonyl (C=O) groups excluding carboxylic acids is 1. The lowest BCUT2D eigenvalue weighted by Crippen LogP contribution is -2.32. The fourth-order valence-electron chi connectivity index (χ4n) is 2.58. The lowest BCUT2D eigenvalue weighted by atomic mass is 10.1. The minimum absolute atomic E-state index is 0.158. The number of ether oxygens (including phenoxy) is 1. The SMILES string of the molecule is N[C@H]1C[C@H](n2ccc(NC(=O)c3ccccc3)nc2=O)O[C@@H]1CO. The number of aliphatic hydroxyl groups excluding tert-OH is 1. The van der Waals surface area contributed by atoms with Gasteiger partial charge in [0.15, 0.2) is 0 Å². The zero-order valence-corrected chi connectivity index (χ0v) is 12.8. The van der Waals surface area contributed by atoms with Gasteiger partial charge in [-0.15, -0.1) is 0 Å². The quantitative estimate of drug-likeness (QED) is 0.731. The first kappa shape index (κ1) is 16.3. The molecule has 24 heavy (non-hydrogen) atoms. The van der Waals surface area contributed by atoms with Crippen LogP contribution in [-0.4, -0.2) is 39.3 Å². The number of hydrogen-bond donors (Lipinski definition) is 3. The van der Waals surface area contributed by atoms with Crippen LogP contribution >= 0.6 is 0 Å². The van der Waals surface area contributed by atoms with Crippen molar-refractivity contribution >= 4 is 11.7 Å². The van der Waals surface area contributed by atoms with Crippen LogP contribution in [-0.2, 0) is 4.74 Å². The zero-order chi connectivity index (χ0) is 17.1. The van der Waals surface area contributed by atoms with Gasteiger partial charge in [-0.05, 0) is 18.2 Å². The Labute approximate surface area is 137 Å². The lowest BCUT2D eigenvalue weighted by Gasteiger charge is -2.14. The van der Waals surface area contributed by atoms with Gasteiger partial charge in [-0.2, -0.15) is 4.98 Å². The number of hydrogen-bond acceptors (Lipinski definition) is 6. The third kappa shape index (κ3) is 3.35. The average Bonchev–Trinajstić information content (AvgIpc) is 2.96. The topological polar surface area (TPSA) is 119 Å². The molecule has 1 fully saturated rings. The number of anilines is 1. The molecule has 2 aromatic rings. The summed E-state index contributed by atoms with van der Waals surface area (Å²) in [5.41, 5.74) is 5.76. The molecule has 0 bridgehead atoms. The number of benzene rings is 1. The third-order valence-electron chi connectivity index (χ3n) is 3.88. The molecule has 8 heteroatoms.